The summed E-state index contributed by atoms with van der Waals surface area (Å²) in [6.45, 7) is 13.2. The van der Waals surface area contributed by atoms with Crippen LogP contribution in [0.2, 0.25) is 0 Å². The monoisotopic (exact) mass is 207 g/mol. The van der Waals surface area contributed by atoms with Crippen molar-refractivity contribution in [2.24, 2.45) is 5.92 Å². The molecule has 0 saturated carbocycles. The van der Waals surface area contributed by atoms with Crippen LogP contribution < -0.4 is 5.32 Å². The van der Waals surface area contributed by atoms with Crippen molar-refractivity contribution in [2.45, 2.75) is 40.5 Å². The highest BCUT2D eigenvalue weighted by Gasteiger charge is 2.15. The van der Waals surface area contributed by atoms with Crippen LogP contribution in [0.4, 0.5) is 0 Å². The molecule has 1 fully saturated rings. The lowest BCUT2D eigenvalue weighted by molar-refractivity contribution is 0.610. The molecule has 1 unspecified atom stereocenters. The Balaban J connectivity index is 0.000000921. The van der Waals surface area contributed by atoms with E-state index in [2.05, 4.69) is 37.9 Å². The molecule has 1 atom stereocenters. The molecule has 1 heterocycles. The van der Waals surface area contributed by atoms with Crippen molar-refractivity contribution in [3.63, 3.8) is 0 Å². The minimum Gasteiger partial charge on any atom is -0.385 e. The van der Waals surface area contributed by atoms with Crippen molar-refractivity contribution in [1.82, 2.24) is 5.32 Å². The second kappa shape index (κ2) is 8.34. The summed E-state index contributed by atoms with van der Waals surface area (Å²) in [6, 6.07) is 0. The molecule has 0 spiro atoms. The summed E-state index contributed by atoms with van der Waals surface area (Å²) < 4.78 is 0. The topological polar surface area (TPSA) is 12.0 Å². The van der Waals surface area contributed by atoms with Crippen molar-refractivity contribution in [3.05, 3.63) is 36.1 Å². The minimum absolute atomic E-state index is 0.652. The van der Waals surface area contributed by atoms with Crippen molar-refractivity contribution in [1.29, 1.82) is 0 Å². The van der Waals surface area contributed by atoms with Gasteiger partial charge in [-0.25, -0.2) is 0 Å². The first kappa shape index (κ1) is 14.0. The zero-order chi connectivity index (χ0) is 11.7. The van der Waals surface area contributed by atoms with Gasteiger partial charge in [-0.05, 0) is 31.3 Å². The van der Waals surface area contributed by atoms with Gasteiger partial charge in [-0.1, -0.05) is 45.6 Å². The second-order valence-corrected chi connectivity index (χ2v) is 3.53. The van der Waals surface area contributed by atoms with Crippen LogP contribution in [0.5, 0.6) is 0 Å². The standard InChI is InChI=1S/C12H19N.C2H6/c1-4-7-11-10(3)8-6-9-13-12(11)5-2;1-2/h4-5,7,10,13H,1,6,8-9H2,2-3H3;1-2H3/b11-7-,12-5+;. The van der Waals surface area contributed by atoms with Crippen LogP contribution in [0.3, 0.4) is 0 Å². The van der Waals surface area contributed by atoms with E-state index in [1.165, 1.54) is 24.1 Å². The van der Waals surface area contributed by atoms with Gasteiger partial charge in [-0.3, -0.25) is 0 Å². The van der Waals surface area contributed by atoms with Crippen LogP contribution in [0.15, 0.2) is 36.1 Å². The van der Waals surface area contributed by atoms with Gasteiger partial charge >= 0.3 is 0 Å². The predicted molar refractivity (Wildman–Crippen MR) is 69.8 cm³/mol. The van der Waals surface area contributed by atoms with Gasteiger partial charge in [0.25, 0.3) is 0 Å². The SMILES string of the molecule is C=C/C=C1\C(=C/C)NCCCC1C.CC. The summed E-state index contributed by atoms with van der Waals surface area (Å²) in [4.78, 5) is 0. The van der Waals surface area contributed by atoms with Gasteiger partial charge in [0.1, 0.15) is 0 Å². The molecule has 1 N–H and O–H groups in total. The first-order valence-corrected chi connectivity index (χ1v) is 6.02. The first-order valence-electron chi connectivity index (χ1n) is 6.02. The number of hydrogen-bond acceptors (Lipinski definition) is 1. The summed E-state index contributed by atoms with van der Waals surface area (Å²) in [5, 5.41) is 3.44. The molecule has 1 heteroatoms. The van der Waals surface area contributed by atoms with Gasteiger partial charge in [-0.15, -0.1) is 0 Å². The van der Waals surface area contributed by atoms with Crippen LogP contribution in [0.1, 0.15) is 40.5 Å². The zero-order valence-electron chi connectivity index (χ0n) is 10.6. The van der Waals surface area contributed by atoms with Crippen LogP contribution in [-0.2, 0) is 0 Å². The molecule has 0 aliphatic carbocycles. The largest absolute Gasteiger partial charge is 0.385 e. The molecule has 1 saturated heterocycles. The predicted octanol–water partition coefficient (Wildman–Crippen LogP) is 4.05. The fourth-order valence-corrected chi connectivity index (χ4v) is 1.80. The number of rotatable bonds is 1. The molecule has 0 bridgehead atoms. The van der Waals surface area contributed by atoms with Crippen LogP contribution >= 0.6 is 0 Å². The van der Waals surface area contributed by atoms with Crippen molar-refractivity contribution < 1.29 is 0 Å². The molecule has 0 radical (unpaired) electrons. The highest BCUT2D eigenvalue weighted by Crippen LogP contribution is 2.24. The molecule has 1 aliphatic heterocycles. The fraction of sp³-hybridized carbons (Fsp3) is 0.571. The van der Waals surface area contributed by atoms with E-state index in [4.69, 9.17) is 0 Å². The Labute approximate surface area is 95.0 Å². The molecular weight excluding hydrogens is 182 g/mol. The Morgan fingerprint density at radius 1 is 1.40 bits per heavy atom. The number of hydrogen-bond donors (Lipinski definition) is 1. The van der Waals surface area contributed by atoms with Gasteiger partial charge in [0, 0.05) is 12.2 Å². The lowest BCUT2D eigenvalue weighted by Crippen LogP contribution is -2.14. The Kier molecular flexibility index (Phi) is 7.79. The molecule has 0 aromatic heterocycles. The molecule has 0 aromatic carbocycles. The zero-order valence-corrected chi connectivity index (χ0v) is 10.6. The maximum absolute atomic E-state index is 3.76. The van der Waals surface area contributed by atoms with Crippen LogP contribution in [-0.4, -0.2) is 6.54 Å². The third kappa shape index (κ3) is 4.37. The molecule has 1 nitrogen and oxygen atoms in total. The average Bonchev–Trinajstić information content (AvgIpc) is 2.45. The van der Waals surface area contributed by atoms with E-state index >= 15 is 0 Å². The van der Waals surface area contributed by atoms with Crippen molar-refractivity contribution in [2.75, 3.05) is 6.54 Å². The van der Waals surface area contributed by atoms with E-state index in [1.807, 2.05) is 19.9 Å². The van der Waals surface area contributed by atoms with Crippen LogP contribution in [0, 0.1) is 5.92 Å². The average molecular weight is 207 g/mol. The molecule has 0 aromatic rings. The summed E-state index contributed by atoms with van der Waals surface area (Å²) in [6.07, 6.45) is 8.68. The minimum atomic E-state index is 0.652. The summed E-state index contributed by atoms with van der Waals surface area (Å²) >= 11 is 0. The summed E-state index contributed by atoms with van der Waals surface area (Å²) in [5.41, 5.74) is 2.68. The fourth-order valence-electron chi connectivity index (χ4n) is 1.80. The van der Waals surface area contributed by atoms with Crippen LogP contribution in [0.25, 0.3) is 0 Å². The van der Waals surface area contributed by atoms with Gasteiger partial charge in [0.15, 0.2) is 0 Å². The Morgan fingerprint density at radius 3 is 2.60 bits per heavy atom. The van der Waals surface area contributed by atoms with E-state index in [9.17, 15) is 0 Å². The highest BCUT2D eigenvalue weighted by atomic mass is 14.9. The smallest absolute Gasteiger partial charge is 0.0332 e. The summed E-state index contributed by atoms with van der Waals surface area (Å²) in [5.74, 6) is 0.652. The molecule has 15 heavy (non-hydrogen) atoms. The van der Waals surface area contributed by atoms with E-state index in [0.717, 1.165) is 6.54 Å². The maximum atomic E-state index is 3.76. The lowest BCUT2D eigenvalue weighted by Gasteiger charge is -2.14. The summed E-state index contributed by atoms with van der Waals surface area (Å²) in [7, 11) is 0. The third-order valence-electron chi connectivity index (χ3n) is 2.56. The van der Waals surface area contributed by atoms with Gasteiger partial charge < -0.3 is 5.32 Å². The third-order valence-corrected chi connectivity index (χ3v) is 2.56. The normalized spacial score (nSPS) is 26.3. The van der Waals surface area contributed by atoms with E-state index in [-0.39, 0.29) is 0 Å². The van der Waals surface area contributed by atoms with Crippen molar-refractivity contribution >= 4 is 0 Å². The Bertz CT molecular complexity index is 236. The molecule has 0 amide bonds. The molecular formula is C14H25N. The first-order chi connectivity index (χ1) is 7.29. The van der Waals surface area contributed by atoms with Crippen molar-refractivity contribution in [3.8, 4) is 0 Å². The number of nitrogens with one attached hydrogen (secondary N) is 1. The quantitative estimate of drug-likeness (QED) is 0.684. The second-order valence-electron chi connectivity index (χ2n) is 3.53. The van der Waals surface area contributed by atoms with E-state index < -0.39 is 0 Å². The molecule has 1 rings (SSSR count). The maximum Gasteiger partial charge on any atom is 0.0332 e. The molecule has 86 valence electrons. The molecule has 1 aliphatic rings. The lowest BCUT2D eigenvalue weighted by atomic mass is 9.94. The van der Waals surface area contributed by atoms with E-state index in [0.29, 0.717) is 5.92 Å². The number of allylic oxidation sites excluding steroid dienone is 4. The van der Waals surface area contributed by atoms with E-state index in [1.54, 1.807) is 0 Å². The Hall–Kier alpha value is -0.980. The van der Waals surface area contributed by atoms with Gasteiger partial charge in [0.05, 0.1) is 0 Å². The van der Waals surface area contributed by atoms with Gasteiger partial charge in [-0.2, -0.15) is 0 Å². The van der Waals surface area contributed by atoms with Gasteiger partial charge in [0.2, 0.25) is 0 Å². The Morgan fingerprint density at radius 2 is 2.07 bits per heavy atom. The highest BCUT2D eigenvalue weighted by molar-refractivity contribution is 5.34.